The molecule has 1 saturated heterocycles. The molecule has 0 saturated carbocycles. The summed E-state index contributed by atoms with van der Waals surface area (Å²) in [6, 6.07) is -2.02. The van der Waals surface area contributed by atoms with Crippen molar-refractivity contribution in [3.8, 4) is 0 Å². The van der Waals surface area contributed by atoms with Crippen LogP contribution in [0.1, 0.15) is 0 Å². The van der Waals surface area contributed by atoms with Gasteiger partial charge in [0.25, 0.3) is 0 Å². The highest BCUT2D eigenvalue weighted by Gasteiger charge is 2.52. The highest BCUT2D eigenvalue weighted by Crippen LogP contribution is 2.31. The number of nitrogens with one attached hydrogen (secondary N) is 1. The van der Waals surface area contributed by atoms with Gasteiger partial charge in [0, 0.05) is 0 Å². The van der Waals surface area contributed by atoms with E-state index in [2.05, 4.69) is 14.1 Å². The van der Waals surface area contributed by atoms with E-state index in [9.17, 15) is 36.9 Å². The van der Waals surface area contributed by atoms with Crippen LogP contribution in [0, 0.1) is 0 Å². The summed E-state index contributed by atoms with van der Waals surface area (Å²) in [6.07, 6.45) is -13.8. The van der Waals surface area contributed by atoms with E-state index in [0.717, 1.165) is 0 Å². The lowest BCUT2D eigenvalue weighted by Gasteiger charge is -2.44. The van der Waals surface area contributed by atoms with Crippen molar-refractivity contribution < 1.29 is 84.7 Å². The Bertz CT molecular complexity index is 934. The number of carboxylic acids is 1. The summed E-state index contributed by atoms with van der Waals surface area (Å²) >= 11 is 0. The first-order chi connectivity index (χ1) is 15.2. The van der Waals surface area contributed by atoms with E-state index in [1.54, 1.807) is 0 Å². The van der Waals surface area contributed by atoms with Gasteiger partial charge in [-0.3, -0.25) is 9.11 Å². The highest BCUT2D eigenvalue weighted by molar-refractivity contribution is 7.83. The zero-order chi connectivity index (χ0) is 25.1. The van der Waals surface area contributed by atoms with E-state index in [1.165, 1.54) is 4.72 Å². The van der Waals surface area contributed by atoms with Crippen LogP contribution in [0.25, 0.3) is 0 Å². The number of carboxylic acid groups (broad SMARTS) is 1. The lowest BCUT2D eigenvalue weighted by atomic mass is 9.97. The van der Waals surface area contributed by atoms with Crippen LogP contribution in [0.15, 0.2) is 11.8 Å². The van der Waals surface area contributed by atoms with Crippen LogP contribution in [-0.4, -0.2) is 113 Å². The summed E-state index contributed by atoms with van der Waals surface area (Å²) in [4.78, 5) is 15.6. The van der Waals surface area contributed by atoms with Crippen molar-refractivity contribution in [2.24, 2.45) is 0 Å². The molecule has 0 aromatic rings. The predicted octanol–water partition coefficient (Wildman–Crippen LogP) is -4.49. The van der Waals surface area contributed by atoms with Gasteiger partial charge in [-0.15, -0.1) is 0 Å². The molecule has 8 N–H and O–H groups in total. The third kappa shape index (κ3) is 7.46. The molecule has 0 spiro atoms. The molecular formula is C12H19NO18S2. The second kappa shape index (κ2) is 10.8. The molecule has 0 aromatic carbocycles. The van der Waals surface area contributed by atoms with Crippen LogP contribution < -0.4 is 4.72 Å². The molecule has 2 heterocycles. The first kappa shape index (κ1) is 27.7. The first-order valence-electron chi connectivity index (χ1n) is 8.44. The molecule has 0 aromatic heterocycles. The normalized spacial score (nSPS) is 35.5. The van der Waals surface area contributed by atoms with Crippen molar-refractivity contribution in [1.29, 1.82) is 0 Å². The lowest BCUT2D eigenvalue weighted by molar-refractivity contribution is -0.523. The Morgan fingerprint density at radius 2 is 1.76 bits per heavy atom. The molecule has 1 fully saturated rings. The quantitative estimate of drug-likeness (QED) is 0.0751. The molecule has 0 aliphatic carbocycles. The summed E-state index contributed by atoms with van der Waals surface area (Å²) < 4.78 is 83.4. The average Bonchev–Trinajstić information content (AvgIpc) is 2.66. The Kier molecular flexibility index (Phi) is 9.05. The van der Waals surface area contributed by atoms with E-state index < -0.39 is 88.2 Å². The van der Waals surface area contributed by atoms with Gasteiger partial charge in [-0.05, 0) is 6.08 Å². The van der Waals surface area contributed by atoms with Crippen molar-refractivity contribution in [2.45, 2.75) is 49.1 Å². The fraction of sp³-hybridized carbons (Fsp3) is 0.750. The summed E-state index contributed by atoms with van der Waals surface area (Å²) in [5.41, 5.74) is 0. The van der Waals surface area contributed by atoms with E-state index in [4.69, 9.17) is 33.7 Å². The number of carbonyl (C=O) groups is 1. The van der Waals surface area contributed by atoms with Gasteiger partial charge in [-0.25, -0.2) is 14.2 Å². The van der Waals surface area contributed by atoms with E-state index >= 15 is 0 Å². The van der Waals surface area contributed by atoms with Crippen LogP contribution in [0.3, 0.4) is 0 Å². The van der Waals surface area contributed by atoms with E-state index in [-0.39, 0.29) is 0 Å². The number of hydrogen-bond acceptors (Lipinski definition) is 15. The molecule has 19 nitrogen and oxygen atoms in total. The minimum absolute atomic E-state index is 0.496. The first-order valence-corrected chi connectivity index (χ1v) is 11.2. The van der Waals surface area contributed by atoms with Crippen molar-refractivity contribution in [3.63, 3.8) is 0 Å². The van der Waals surface area contributed by atoms with E-state index in [0.29, 0.717) is 6.08 Å². The Morgan fingerprint density at radius 3 is 2.24 bits per heavy atom. The average molecular weight is 529 g/mol. The summed E-state index contributed by atoms with van der Waals surface area (Å²) in [7, 11) is -10.4. The fourth-order valence-corrected chi connectivity index (χ4v) is 4.04. The number of aliphatic hydroxyl groups is 3. The minimum atomic E-state index is -5.29. The van der Waals surface area contributed by atoms with Crippen LogP contribution in [0.5, 0.6) is 0 Å². The van der Waals surface area contributed by atoms with Crippen LogP contribution in [-0.2, 0) is 53.8 Å². The Hall–Kier alpha value is -1.57. The monoisotopic (exact) mass is 529 g/mol. The zero-order valence-corrected chi connectivity index (χ0v) is 17.5. The number of ether oxygens (including phenoxy) is 3. The number of aliphatic carboxylic acids is 1. The molecule has 3 unspecified atom stereocenters. The molecule has 192 valence electrons. The minimum Gasteiger partial charge on any atom is -0.475 e. The van der Waals surface area contributed by atoms with Crippen molar-refractivity contribution in [3.05, 3.63) is 11.8 Å². The van der Waals surface area contributed by atoms with Crippen LogP contribution >= 0.6 is 0 Å². The van der Waals surface area contributed by atoms with Gasteiger partial charge in [-0.1, -0.05) is 5.04 Å². The van der Waals surface area contributed by atoms with Gasteiger partial charge in [0.15, 0.2) is 12.4 Å². The smallest absolute Gasteiger partial charge is 0.397 e. The maximum absolute atomic E-state index is 11.2. The third-order valence-electron chi connectivity index (χ3n) is 4.19. The predicted molar refractivity (Wildman–Crippen MR) is 92.9 cm³/mol. The Morgan fingerprint density at radius 1 is 1.12 bits per heavy atom. The second-order valence-corrected chi connectivity index (χ2v) is 8.64. The van der Waals surface area contributed by atoms with Gasteiger partial charge >= 0.3 is 26.7 Å². The molecule has 0 amide bonds. The van der Waals surface area contributed by atoms with Gasteiger partial charge in [0.2, 0.25) is 12.0 Å². The number of hydrogen-bond donors (Lipinski definition) is 8. The number of aliphatic hydroxyl groups excluding tert-OH is 3. The van der Waals surface area contributed by atoms with Crippen LogP contribution in [0.2, 0.25) is 0 Å². The maximum Gasteiger partial charge on any atom is 0.397 e. The van der Waals surface area contributed by atoms with Crippen molar-refractivity contribution in [2.75, 3.05) is 6.61 Å². The zero-order valence-electron chi connectivity index (χ0n) is 15.8. The largest absolute Gasteiger partial charge is 0.475 e. The highest BCUT2D eigenvalue weighted by atomic mass is 32.3. The molecule has 2 rings (SSSR count). The molecule has 0 radical (unpaired) electrons. The topological polar surface area (TPSA) is 294 Å². The Balaban J connectivity index is 2.45. The molecule has 21 heteroatoms. The Labute approximate surface area is 184 Å². The molecule has 8 atom stereocenters. The summed E-state index contributed by atoms with van der Waals surface area (Å²) in [5.74, 6) is -2.75. The fourth-order valence-electron chi connectivity index (χ4n) is 2.96. The van der Waals surface area contributed by atoms with Crippen molar-refractivity contribution >= 4 is 26.7 Å². The van der Waals surface area contributed by atoms with Gasteiger partial charge in [-0.2, -0.15) is 26.4 Å². The SMILES string of the molecule is O=C(O)C1=C[C@H](O)C(OS(=O)(=O)O)[C@H](O[C@@H]2C(CO)O[C@@H](O)C(NS(=O)(=O)O)[C@H]2OOO)O1. The van der Waals surface area contributed by atoms with Crippen LogP contribution in [0.4, 0.5) is 0 Å². The van der Waals surface area contributed by atoms with Crippen molar-refractivity contribution in [1.82, 2.24) is 4.72 Å². The van der Waals surface area contributed by atoms with Gasteiger partial charge < -0.3 is 34.6 Å². The summed E-state index contributed by atoms with van der Waals surface area (Å²) in [5, 5.41) is 50.8. The summed E-state index contributed by atoms with van der Waals surface area (Å²) in [6.45, 7) is -1.02. The van der Waals surface area contributed by atoms with E-state index in [1.807, 2.05) is 0 Å². The maximum atomic E-state index is 11.2. The standard InChI is InChI=1S/C12H19NO18S2/c14-2-5-8(9(29-31-19)6(11(18)26-5)13-32(20,21)22)28-12-7(30-33(23,24)25)3(15)1-4(27-12)10(16)17/h1,3,5-9,11-15,18-19H,2H2,(H,16,17)(H,20,21,22)(H,23,24,25)/t3-,5?,6?,7?,8+,9+,11+,12-/m0/s1. The molecule has 2 aliphatic heterocycles. The third-order valence-corrected chi connectivity index (χ3v) is 5.23. The number of rotatable bonds is 10. The second-order valence-electron chi connectivity index (χ2n) is 6.40. The van der Waals surface area contributed by atoms with Gasteiger partial charge in [0.1, 0.15) is 30.5 Å². The molecule has 0 bridgehead atoms. The molecule has 2 aliphatic rings. The lowest BCUT2D eigenvalue weighted by Crippen LogP contribution is -2.66. The molecular weight excluding hydrogens is 510 g/mol. The molecule has 33 heavy (non-hydrogen) atoms. The van der Waals surface area contributed by atoms with Gasteiger partial charge in [0.05, 0.1) is 6.61 Å².